The first-order valence-corrected chi connectivity index (χ1v) is 8.42. The highest BCUT2D eigenvalue weighted by Crippen LogP contribution is 2.22. The Labute approximate surface area is 147 Å². The summed E-state index contributed by atoms with van der Waals surface area (Å²) in [5.74, 6) is -0.981. The first-order chi connectivity index (χ1) is 11.9. The van der Waals surface area contributed by atoms with Gasteiger partial charge in [0.15, 0.2) is 0 Å². The lowest BCUT2D eigenvalue weighted by Gasteiger charge is -2.07. The molecule has 2 heterocycles. The van der Waals surface area contributed by atoms with Crippen LogP contribution in [0.1, 0.15) is 12.1 Å². The van der Waals surface area contributed by atoms with Gasteiger partial charge in [-0.25, -0.2) is 4.68 Å². The van der Waals surface area contributed by atoms with Gasteiger partial charge in [0.2, 0.25) is 11.8 Å². The van der Waals surface area contributed by atoms with Crippen molar-refractivity contribution in [1.82, 2.24) is 14.7 Å². The highest BCUT2D eigenvalue weighted by molar-refractivity contribution is 8.15. The number of nitrogens with one attached hydrogen (secondary N) is 2. The van der Waals surface area contributed by atoms with Crippen LogP contribution in [0.2, 0.25) is 0 Å². The minimum atomic E-state index is -0.770. The monoisotopic (exact) mass is 360 g/mol. The van der Waals surface area contributed by atoms with E-state index in [0.29, 0.717) is 11.4 Å². The van der Waals surface area contributed by atoms with Gasteiger partial charge >= 0.3 is 0 Å². The maximum atomic E-state index is 12.7. The van der Waals surface area contributed by atoms with E-state index in [1.807, 2.05) is 18.2 Å². The zero-order valence-corrected chi connectivity index (χ0v) is 14.4. The van der Waals surface area contributed by atoms with Crippen molar-refractivity contribution >= 4 is 34.5 Å². The van der Waals surface area contributed by atoms with Crippen molar-refractivity contribution in [1.29, 1.82) is 0 Å². The molecule has 1 aromatic carbocycles. The van der Waals surface area contributed by atoms with E-state index < -0.39 is 22.3 Å². The number of anilines is 1. The lowest BCUT2D eigenvalue weighted by Crippen LogP contribution is -2.29. The number of imide groups is 1. The van der Waals surface area contributed by atoms with Crippen molar-refractivity contribution < 1.29 is 14.4 Å². The average Bonchev–Trinajstić information content (AvgIpc) is 2.99. The molecule has 1 saturated heterocycles. The summed E-state index contributed by atoms with van der Waals surface area (Å²) < 4.78 is 3.10. The van der Waals surface area contributed by atoms with Gasteiger partial charge in [0.25, 0.3) is 10.8 Å². The van der Waals surface area contributed by atoms with Crippen LogP contribution in [0.4, 0.5) is 10.5 Å². The second-order valence-electron chi connectivity index (χ2n) is 5.57. The Hall–Kier alpha value is -2.81. The van der Waals surface area contributed by atoms with Crippen LogP contribution in [0.15, 0.2) is 35.1 Å². The topological polar surface area (TPSA) is 102 Å². The summed E-state index contributed by atoms with van der Waals surface area (Å²) in [6, 6.07) is 9.05. The zero-order chi connectivity index (χ0) is 18.1. The van der Waals surface area contributed by atoms with Crippen LogP contribution < -0.4 is 16.2 Å². The summed E-state index contributed by atoms with van der Waals surface area (Å²) in [4.78, 5) is 47.6. The Morgan fingerprint density at radius 2 is 1.92 bits per heavy atom. The van der Waals surface area contributed by atoms with Crippen molar-refractivity contribution in [3.63, 3.8) is 0 Å². The number of benzene rings is 1. The van der Waals surface area contributed by atoms with Gasteiger partial charge < -0.3 is 5.32 Å². The van der Waals surface area contributed by atoms with Crippen LogP contribution >= 0.6 is 11.8 Å². The molecular formula is C16H16N4O4S. The molecular weight excluding hydrogens is 344 g/mol. The Balaban J connectivity index is 1.84. The molecule has 9 heteroatoms. The van der Waals surface area contributed by atoms with Gasteiger partial charge in [0.05, 0.1) is 11.4 Å². The second kappa shape index (κ2) is 6.60. The summed E-state index contributed by atoms with van der Waals surface area (Å²) in [6.07, 6.45) is -0.179. The van der Waals surface area contributed by atoms with Gasteiger partial charge in [0, 0.05) is 13.5 Å². The van der Waals surface area contributed by atoms with Gasteiger partial charge in [-0.05, 0) is 19.1 Å². The lowest BCUT2D eigenvalue weighted by atomic mass is 10.2. The summed E-state index contributed by atoms with van der Waals surface area (Å²) in [5, 5.41) is 3.46. The summed E-state index contributed by atoms with van der Waals surface area (Å²) >= 11 is 0.777. The quantitative estimate of drug-likeness (QED) is 0.852. The summed E-state index contributed by atoms with van der Waals surface area (Å²) in [5.41, 5.74) is 1.06. The molecule has 0 saturated carbocycles. The third-order valence-corrected chi connectivity index (χ3v) is 4.94. The number of hydrogen-bond donors (Lipinski definition) is 2. The van der Waals surface area contributed by atoms with E-state index in [4.69, 9.17) is 0 Å². The molecule has 2 N–H and O–H groups in total. The van der Waals surface area contributed by atoms with Crippen molar-refractivity contribution in [2.24, 2.45) is 7.05 Å². The fourth-order valence-corrected chi connectivity index (χ4v) is 3.42. The molecule has 2 aromatic rings. The SMILES string of the molecule is Cc1c(NC(=O)C[C@H]2SC(=O)NC2=O)c(=O)n(-c2ccccc2)n1C. The molecule has 0 radical (unpaired) electrons. The number of amides is 3. The Morgan fingerprint density at radius 1 is 1.24 bits per heavy atom. The van der Waals surface area contributed by atoms with Crippen LogP contribution in [-0.4, -0.2) is 31.7 Å². The maximum absolute atomic E-state index is 12.7. The standard InChI is InChI=1S/C16H16N4O4S/c1-9-13(17-12(21)8-11-14(22)18-16(24)25-11)15(23)20(19(9)2)10-6-4-3-5-7-10/h3-7,11H,8H2,1-2H3,(H,17,21)(H,18,22,24)/t11-/m1/s1. The largest absolute Gasteiger partial charge is 0.320 e. The van der Waals surface area contributed by atoms with Crippen LogP contribution in [0.5, 0.6) is 0 Å². The van der Waals surface area contributed by atoms with Crippen molar-refractivity contribution in [3.05, 3.63) is 46.4 Å². The Kier molecular flexibility index (Phi) is 4.49. The average molecular weight is 360 g/mol. The van der Waals surface area contributed by atoms with E-state index in [1.165, 1.54) is 4.68 Å². The van der Waals surface area contributed by atoms with Gasteiger partial charge in [-0.3, -0.25) is 29.2 Å². The van der Waals surface area contributed by atoms with Gasteiger partial charge in [-0.2, -0.15) is 0 Å². The molecule has 8 nitrogen and oxygen atoms in total. The van der Waals surface area contributed by atoms with Crippen LogP contribution in [0.25, 0.3) is 5.69 Å². The number of rotatable bonds is 4. The molecule has 1 aliphatic rings. The fourth-order valence-electron chi connectivity index (χ4n) is 2.60. The van der Waals surface area contributed by atoms with Crippen LogP contribution in [0, 0.1) is 6.92 Å². The molecule has 3 rings (SSSR count). The van der Waals surface area contributed by atoms with Crippen LogP contribution in [0.3, 0.4) is 0 Å². The van der Waals surface area contributed by atoms with E-state index in [-0.39, 0.29) is 17.7 Å². The van der Waals surface area contributed by atoms with Crippen molar-refractivity contribution in [3.8, 4) is 5.69 Å². The molecule has 1 aromatic heterocycles. The number of carbonyl (C=O) groups is 3. The molecule has 1 atom stereocenters. The molecule has 0 spiro atoms. The van der Waals surface area contributed by atoms with E-state index in [2.05, 4.69) is 10.6 Å². The summed E-state index contributed by atoms with van der Waals surface area (Å²) in [7, 11) is 1.72. The fraction of sp³-hybridized carbons (Fsp3) is 0.250. The van der Waals surface area contributed by atoms with E-state index in [0.717, 1.165) is 11.8 Å². The molecule has 25 heavy (non-hydrogen) atoms. The molecule has 0 aliphatic carbocycles. The third-order valence-electron chi connectivity index (χ3n) is 3.96. The van der Waals surface area contributed by atoms with Crippen molar-refractivity contribution in [2.75, 3.05) is 5.32 Å². The van der Waals surface area contributed by atoms with Gasteiger partial charge in [-0.15, -0.1) is 0 Å². The Bertz CT molecular complexity index is 916. The number of aromatic nitrogens is 2. The molecule has 130 valence electrons. The molecule has 3 amide bonds. The second-order valence-corrected chi connectivity index (χ2v) is 6.75. The Morgan fingerprint density at radius 3 is 2.52 bits per heavy atom. The molecule has 1 fully saturated rings. The number of nitrogens with zero attached hydrogens (tertiary/aromatic N) is 2. The number of para-hydroxylation sites is 1. The molecule has 1 aliphatic heterocycles. The van der Waals surface area contributed by atoms with E-state index in [9.17, 15) is 19.2 Å². The minimum absolute atomic E-state index is 0.158. The van der Waals surface area contributed by atoms with Gasteiger partial charge in [-0.1, -0.05) is 30.0 Å². The first-order valence-electron chi connectivity index (χ1n) is 7.54. The maximum Gasteiger partial charge on any atom is 0.295 e. The van der Waals surface area contributed by atoms with Crippen LogP contribution in [-0.2, 0) is 16.6 Å². The highest BCUT2D eigenvalue weighted by atomic mass is 32.2. The van der Waals surface area contributed by atoms with Gasteiger partial charge in [0.1, 0.15) is 10.9 Å². The lowest BCUT2D eigenvalue weighted by molar-refractivity contribution is -0.122. The minimum Gasteiger partial charge on any atom is -0.320 e. The number of carbonyl (C=O) groups excluding carboxylic acids is 3. The third kappa shape index (κ3) is 3.22. The smallest absolute Gasteiger partial charge is 0.295 e. The highest BCUT2D eigenvalue weighted by Gasteiger charge is 2.33. The number of thioether (sulfide) groups is 1. The van der Waals surface area contributed by atoms with E-state index >= 15 is 0 Å². The zero-order valence-electron chi connectivity index (χ0n) is 13.6. The predicted octanol–water partition coefficient (Wildman–Crippen LogP) is 1.16. The summed E-state index contributed by atoms with van der Waals surface area (Å²) in [6.45, 7) is 1.72. The number of hydrogen-bond acceptors (Lipinski definition) is 5. The molecule has 0 unspecified atom stereocenters. The molecule has 0 bridgehead atoms. The van der Waals surface area contributed by atoms with E-state index in [1.54, 1.807) is 30.8 Å². The normalized spacial score (nSPS) is 16.8. The first kappa shape index (κ1) is 17.0. The van der Waals surface area contributed by atoms with Crippen molar-refractivity contribution in [2.45, 2.75) is 18.6 Å². The predicted molar refractivity (Wildman–Crippen MR) is 93.9 cm³/mol.